The smallest absolute Gasteiger partial charge is 0.256 e. The molecule has 0 radical (unpaired) electrons. The molecule has 0 bridgehead atoms. The summed E-state index contributed by atoms with van der Waals surface area (Å²) in [5.41, 5.74) is 2.73. The number of thiophene rings is 1. The van der Waals surface area contributed by atoms with Crippen molar-refractivity contribution in [3.63, 3.8) is 0 Å². The minimum atomic E-state index is -0.233. The number of hydrogen-bond acceptors (Lipinski definition) is 5. The van der Waals surface area contributed by atoms with E-state index in [4.69, 9.17) is 0 Å². The van der Waals surface area contributed by atoms with Crippen LogP contribution in [0.1, 0.15) is 23.7 Å². The normalized spacial score (nSPS) is 10.8. The van der Waals surface area contributed by atoms with Gasteiger partial charge in [-0.25, -0.2) is 4.98 Å². The molecule has 0 aliphatic heterocycles. The Balaban J connectivity index is 1.76. The van der Waals surface area contributed by atoms with E-state index in [-0.39, 0.29) is 17.4 Å². The fraction of sp³-hybridized carbons (Fsp3) is 0.143. The zero-order chi connectivity index (χ0) is 20.4. The van der Waals surface area contributed by atoms with Gasteiger partial charge >= 0.3 is 0 Å². The Kier molecular flexibility index (Phi) is 5.09. The maximum atomic E-state index is 12.8. The van der Waals surface area contributed by atoms with E-state index in [0.717, 1.165) is 10.4 Å². The van der Waals surface area contributed by atoms with Crippen molar-refractivity contribution in [2.75, 3.05) is 5.32 Å². The van der Waals surface area contributed by atoms with Crippen LogP contribution in [0.25, 0.3) is 16.5 Å². The number of aromatic nitrogens is 4. The summed E-state index contributed by atoms with van der Waals surface area (Å²) in [6, 6.07) is 15.4. The molecule has 29 heavy (non-hydrogen) atoms. The van der Waals surface area contributed by atoms with Crippen LogP contribution in [0.15, 0.2) is 58.7 Å². The number of carbonyl (C=O) groups excluding carboxylic acids is 1. The van der Waals surface area contributed by atoms with Gasteiger partial charge in [0.2, 0.25) is 11.9 Å². The Morgan fingerprint density at radius 3 is 2.66 bits per heavy atom. The van der Waals surface area contributed by atoms with E-state index in [9.17, 15) is 9.59 Å². The van der Waals surface area contributed by atoms with Gasteiger partial charge in [0.15, 0.2) is 0 Å². The molecule has 0 aliphatic rings. The molecular formula is C21H19N5O2S. The highest BCUT2D eigenvalue weighted by Gasteiger charge is 2.17. The summed E-state index contributed by atoms with van der Waals surface area (Å²) >= 11 is 1.54. The number of amides is 1. The Morgan fingerprint density at radius 2 is 2.00 bits per heavy atom. The van der Waals surface area contributed by atoms with E-state index in [1.165, 1.54) is 11.6 Å². The summed E-state index contributed by atoms with van der Waals surface area (Å²) < 4.78 is 1.46. The van der Waals surface area contributed by atoms with Crippen LogP contribution in [0.2, 0.25) is 0 Å². The average Bonchev–Trinajstić information content (AvgIpc) is 3.35. The molecule has 146 valence electrons. The number of H-pyrrole nitrogens is 1. The van der Waals surface area contributed by atoms with Gasteiger partial charge in [-0.2, -0.15) is 9.78 Å². The number of rotatable bonds is 5. The quantitative estimate of drug-likeness (QED) is 0.531. The number of nitrogens with zero attached hydrogens (tertiary/aromatic N) is 3. The van der Waals surface area contributed by atoms with Crippen LogP contribution in [0.5, 0.6) is 0 Å². The molecule has 8 heteroatoms. The lowest BCUT2D eigenvalue weighted by molar-refractivity contribution is -0.114. The van der Waals surface area contributed by atoms with Crippen LogP contribution in [0.3, 0.4) is 0 Å². The van der Waals surface area contributed by atoms with Gasteiger partial charge in [0, 0.05) is 25.0 Å². The van der Waals surface area contributed by atoms with Crippen LogP contribution >= 0.6 is 11.3 Å². The Morgan fingerprint density at radius 1 is 1.21 bits per heavy atom. The number of anilines is 1. The fourth-order valence-electron chi connectivity index (χ4n) is 3.06. The van der Waals surface area contributed by atoms with Crippen molar-refractivity contribution >= 4 is 23.1 Å². The zero-order valence-corrected chi connectivity index (χ0v) is 16.8. The van der Waals surface area contributed by atoms with E-state index in [1.807, 2.05) is 47.8 Å². The number of nitrogens with one attached hydrogen (secondary N) is 2. The molecule has 4 aromatic rings. The zero-order valence-electron chi connectivity index (χ0n) is 16.0. The molecule has 3 aromatic heterocycles. The van der Waals surface area contributed by atoms with Gasteiger partial charge in [-0.05, 0) is 23.9 Å². The second kappa shape index (κ2) is 7.84. The summed E-state index contributed by atoms with van der Waals surface area (Å²) in [5, 5.41) is 9.26. The molecule has 0 atom stereocenters. The van der Waals surface area contributed by atoms with Gasteiger partial charge in [0.25, 0.3) is 5.56 Å². The van der Waals surface area contributed by atoms with Crippen LogP contribution in [0.4, 0.5) is 5.82 Å². The van der Waals surface area contributed by atoms with Crippen molar-refractivity contribution < 1.29 is 4.79 Å². The highest BCUT2D eigenvalue weighted by atomic mass is 32.1. The second-order valence-corrected chi connectivity index (χ2v) is 7.55. The van der Waals surface area contributed by atoms with Gasteiger partial charge in [-0.3, -0.25) is 14.6 Å². The molecule has 3 heterocycles. The SMILES string of the molecule is CC(=O)Nc1cc(-c2cccs2)nn1-c1nc(C)c(Cc2ccccc2)c(=O)[nH]1. The number of hydrogen-bond donors (Lipinski definition) is 2. The molecule has 7 nitrogen and oxygen atoms in total. The first-order valence-corrected chi connectivity index (χ1v) is 9.95. The number of aromatic amines is 1. The van der Waals surface area contributed by atoms with Crippen molar-refractivity contribution in [2.45, 2.75) is 20.3 Å². The lowest BCUT2D eigenvalue weighted by Crippen LogP contribution is -2.22. The molecule has 0 unspecified atom stereocenters. The van der Waals surface area contributed by atoms with Gasteiger partial charge in [-0.15, -0.1) is 11.3 Å². The second-order valence-electron chi connectivity index (χ2n) is 6.60. The van der Waals surface area contributed by atoms with E-state index < -0.39 is 0 Å². The lowest BCUT2D eigenvalue weighted by Gasteiger charge is -2.10. The molecule has 0 fully saturated rings. The largest absolute Gasteiger partial charge is 0.311 e. The summed E-state index contributed by atoms with van der Waals surface area (Å²) in [7, 11) is 0. The Labute approximate surface area is 171 Å². The average molecular weight is 405 g/mol. The summed E-state index contributed by atoms with van der Waals surface area (Å²) in [4.78, 5) is 32.8. The van der Waals surface area contributed by atoms with Crippen molar-refractivity contribution in [1.29, 1.82) is 0 Å². The fourth-order valence-corrected chi connectivity index (χ4v) is 3.74. The monoisotopic (exact) mass is 405 g/mol. The first kappa shape index (κ1) is 18.8. The predicted octanol–water partition coefficient (Wildman–Crippen LogP) is 3.54. The maximum Gasteiger partial charge on any atom is 0.256 e. The minimum absolute atomic E-state index is 0.224. The summed E-state index contributed by atoms with van der Waals surface area (Å²) in [5.74, 6) is 0.471. The summed E-state index contributed by atoms with van der Waals surface area (Å²) in [6.07, 6.45) is 0.493. The topological polar surface area (TPSA) is 92.7 Å². The van der Waals surface area contributed by atoms with E-state index in [0.29, 0.717) is 29.2 Å². The van der Waals surface area contributed by atoms with E-state index >= 15 is 0 Å². The van der Waals surface area contributed by atoms with Crippen molar-refractivity contribution in [2.24, 2.45) is 0 Å². The van der Waals surface area contributed by atoms with Crippen LogP contribution < -0.4 is 10.9 Å². The highest BCUT2D eigenvalue weighted by Crippen LogP contribution is 2.27. The third-order valence-corrected chi connectivity index (χ3v) is 5.31. The molecule has 0 saturated carbocycles. The highest BCUT2D eigenvalue weighted by molar-refractivity contribution is 7.13. The first-order chi connectivity index (χ1) is 14.0. The molecule has 0 saturated heterocycles. The number of carbonyl (C=O) groups is 1. The van der Waals surface area contributed by atoms with Crippen LogP contribution in [-0.2, 0) is 11.2 Å². The predicted molar refractivity (Wildman–Crippen MR) is 114 cm³/mol. The standard InChI is InChI=1S/C21H19N5O2S/c1-13-16(11-15-7-4-3-5-8-15)20(28)24-21(22-13)26-19(23-14(2)27)12-17(25-26)18-9-6-10-29-18/h3-10,12H,11H2,1-2H3,(H,23,27)(H,22,24,28). The van der Waals surface area contributed by atoms with Crippen molar-refractivity contribution in [1.82, 2.24) is 19.7 Å². The van der Waals surface area contributed by atoms with Crippen molar-refractivity contribution in [3.8, 4) is 16.5 Å². The van der Waals surface area contributed by atoms with Crippen molar-refractivity contribution in [3.05, 3.63) is 81.1 Å². The van der Waals surface area contributed by atoms with Crippen LogP contribution in [0, 0.1) is 6.92 Å². The van der Waals surface area contributed by atoms with Gasteiger partial charge < -0.3 is 5.32 Å². The first-order valence-electron chi connectivity index (χ1n) is 9.07. The van der Waals surface area contributed by atoms with Gasteiger partial charge in [-0.1, -0.05) is 36.4 Å². The molecule has 2 N–H and O–H groups in total. The lowest BCUT2D eigenvalue weighted by atomic mass is 10.1. The molecule has 0 aliphatic carbocycles. The summed E-state index contributed by atoms with van der Waals surface area (Å²) in [6.45, 7) is 3.23. The Bertz CT molecular complexity index is 1210. The van der Waals surface area contributed by atoms with E-state index in [1.54, 1.807) is 24.3 Å². The molecule has 1 amide bonds. The number of aryl methyl sites for hydroxylation is 1. The molecule has 4 rings (SSSR count). The molecule has 1 aromatic carbocycles. The number of benzene rings is 1. The van der Waals surface area contributed by atoms with Gasteiger partial charge in [0.05, 0.1) is 10.6 Å². The minimum Gasteiger partial charge on any atom is -0.311 e. The van der Waals surface area contributed by atoms with Gasteiger partial charge in [0.1, 0.15) is 11.5 Å². The third kappa shape index (κ3) is 4.02. The third-order valence-electron chi connectivity index (χ3n) is 4.42. The molecular weight excluding hydrogens is 386 g/mol. The Hall–Kier alpha value is -3.52. The van der Waals surface area contributed by atoms with E-state index in [2.05, 4.69) is 20.4 Å². The maximum absolute atomic E-state index is 12.8. The van der Waals surface area contributed by atoms with Crippen LogP contribution in [-0.4, -0.2) is 25.7 Å². The molecule has 0 spiro atoms.